The van der Waals surface area contributed by atoms with E-state index in [0.717, 1.165) is 11.1 Å². The van der Waals surface area contributed by atoms with Gasteiger partial charge in [-0.3, -0.25) is 4.79 Å². The largest absolute Gasteiger partial charge is 0.398 e. The van der Waals surface area contributed by atoms with E-state index in [1.165, 1.54) is 6.07 Å². The van der Waals surface area contributed by atoms with Crippen LogP contribution >= 0.6 is 23.2 Å². The van der Waals surface area contributed by atoms with Gasteiger partial charge in [-0.05, 0) is 48.7 Å². The molecule has 3 nitrogen and oxygen atoms in total. The molecule has 0 spiro atoms. The van der Waals surface area contributed by atoms with E-state index in [1.54, 1.807) is 18.2 Å². The summed E-state index contributed by atoms with van der Waals surface area (Å²) < 4.78 is 0. The van der Waals surface area contributed by atoms with Gasteiger partial charge in [0.05, 0.1) is 5.02 Å². The zero-order valence-corrected chi connectivity index (χ0v) is 13.0. The molecule has 3 N–H and O–H groups in total. The van der Waals surface area contributed by atoms with Crippen molar-refractivity contribution in [1.82, 2.24) is 0 Å². The Hall–Kier alpha value is -1.55. The Bertz CT molecular complexity index is 699. The number of carbonyl (C=O) groups excluding carboxylic acids is 1. The maximum Gasteiger partial charge on any atom is 0.196 e. The summed E-state index contributed by atoms with van der Waals surface area (Å²) in [7, 11) is 0. The first-order valence-electron chi connectivity index (χ1n) is 6.43. The van der Waals surface area contributed by atoms with Crippen molar-refractivity contribution >= 4 is 34.7 Å². The molecule has 0 amide bonds. The topological polar surface area (TPSA) is 63.3 Å². The summed E-state index contributed by atoms with van der Waals surface area (Å²) in [5.74, 6) is -0.253. The van der Waals surface area contributed by atoms with Gasteiger partial charge >= 0.3 is 0 Å². The molecule has 110 valence electrons. The summed E-state index contributed by atoms with van der Waals surface area (Å²) in [5, 5.41) is 9.84. The smallest absolute Gasteiger partial charge is 0.196 e. The molecule has 21 heavy (non-hydrogen) atoms. The van der Waals surface area contributed by atoms with Crippen LogP contribution in [0.1, 0.15) is 27.0 Å². The SMILES string of the molecule is Cc1cc(CCO)c(N)c(C(=O)c2ccc(Cl)cc2Cl)c1. The number of halogens is 2. The minimum atomic E-state index is -0.253. The lowest BCUT2D eigenvalue weighted by atomic mass is 9.95. The maximum absolute atomic E-state index is 12.6. The van der Waals surface area contributed by atoms with Crippen molar-refractivity contribution in [1.29, 1.82) is 0 Å². The predicted molar refractivity (Wildman–Crippen MR) is 86.3 cm³/mol. The van der Waals surface area contributed by atoms with E-state index in [2.05, 4.69) is 0 Å². The highest BCUT2D eigenvalue weighted by Gasteiger charge is 2.18. The molecule has 0 saturated carbocycles. The molecule has 2 aromatic carbocycles. The van der Waals surface area contributed by atoms with Crippen LogP contribution < -0.4 is 5.73 Å². The Balaban J connectivity index is 2.52. The Labute approximate surface area is 133 Å². The van der Waals surface area contributed by atoms with E-state index in [9.17, 15) is 4.79 Å². The van der Waals surface area contributed by atoms with Crippen molar-refractivity contribution in [2.75, 3.05) is 12.3 Å². The predicted octanol–water partition coefficient (Wildman–Crippen LogP) is 3.65. The van der Waals surface area contributed by atoms with Crippen molar-refractivity contribution < 1.29 is 9.90 Å². The molecule has 0 radical (unpaired) electrons. The van der Waals surface area contributed by atoms with E-state index in [-0.39, 0.29) is 17.4 Å². The first-order chi connectivity index (χ1) is 9.93. The number of aliphatic hydroxyl groups excluding tert-OH is 1. The quantitative estimate of drug-likeness (QED) is 0.666. The zero-order valence-electron chi connectivity index (χ0n) is 11.5. The average Bonchev–Trinajstić information content (AvgIpc) is 2.42. The second-order valence-electron chi connectivity index (χ2n) is 4.81. The van der Waals surface area contributed by atoms with Gasteiger partial charge in [0.1, 0.15) is 0 Å². The molecule has 0 aromatic heterocycles. The fourth-order valence-corrected chi connectivity index (χ4v) is 2.70. The molecule has 0 heterocycles. The third-order valence-corrected chi connectivity index (χ3v) is 3.76. The third-order valence-electron chi connectivity index (χ3n) is 3.21. The second kappa shape index (κ2) is 6.48. The van der Waals surface area contributed by atoms with Crippen LogP contribution in [0.25, 0.3) is 0 Å². The van der Waals surface area contributed by atoms with Crippen LogP contribution in [0.4, 0.5) is 5.69 Å². The van der Waals surface area contributed by atoms with Gasteiger partial charge in [-0.2, -0.15) is 0 Å². The molecule has 2 rings (SSSR count). The van der Waals surface area contributed by atoms with Gasteiger partial charge in [0.15, 0.2) is 5.78 Å². The van der Waals surface area contributed by atoms with Crippen molar-refractivity contribution in [3.8, 4) is 0 Å². The monoisotopic (exact) mass is 323 g/mol. The first kappa shape index (κ1) is 15.8. The molecule has 5 heteroatoms. The van der Waals surface area contributed by atoms with Gasteiger partial charge in [0.25, 0.3) is 0 Å². The van der Waals surface area contributed by atoms with Crippen LogP contribution in [0, 0.1) is 6.92 Å². The summed E-state index contributed by atoms with van der Waals surface area (Å²) >= 11 is 11.9. The van der Waals surface area contributed by atoms with E-state index in [4.69, 9.17) is 34.0 Å². The third kappa shape index (κ3) is 3.38. The standard InChI is InChI=1S/C16H15Cl2NO2/c1-9-6-10(4-5-20)15(19)13(7-9)16(21)12-3-2-11(17)8-14(12)18/h2-3,6-8,20H,4-5,19H2,1H3. The number of carbonyl (C=O) groups is 1. The second-order valence-corrected chi connectivity index (χ2v) is 5.66. The number of rotatable bonds is 4. The summed E-state index contributed by atoms with van der Waals surface area (Å²) in [5.41, 5.74) is 8.84. The number of nitrogen functional groups attached to an aromatic ring is 1. The van der Waals surface area contributed by atoms with Crippen molar-refractivity contribution in [2.24, 2.45) is 0 Å². The lowest BCUT2D eigenvalue weighted by molar-refractivity contribution is 0.103. The van der Waals surface area contributed by atoms with Crippen molar-refractivity contribution in [3.05, 3.63) is 62.6 Å². The number of benzene rings is 2. The lowest BCUT2D eigenvalue weighted by Gasteiger charge is -2.12. The maximum atomic E-state index is 12.6. The number of aryl methyl sites for hydroxylation is 1. The molecule has 0 aliphatic carbocycles. The molecule has 0 atom stereocenters. The molecule has 0 bridgehead atoms. The first-order valence-corrected chi connectivity index (χ1v) is 7.19. The number of aliphatic hydroxyl groups is 1. The number of ketones is 1. The van der Waals surface area contributed by atoms with Gasteiger partial charge < -0.3 is 10.8 Å². The van der Waals surface area contributed by atoms with Gasteiger partial charge in [-0.1, -0.05) is 29.3 Å². The summed E-state index contributed by atoms with van der Waals surface area (Å²) in [6, 6.07) is 8.31. The summed E-state index contributed by atoms with van der Waals surface area (Å²) in [6.45, 7) is 1.85. The van der Waals surface area contributed by atoms with Gasteiger partial charge in [0.2, 0.25) is 0 Å². The number of anilines is 1. The van der Waals surface area contributed by atoms with Crippen molar-refractivity contribution in [3.63, 3.8) is 0 Å². The Kier molecular flexibility index (Phi) is 4.88. The van der Waals surface area contributed by atoms with Crippen LogP contribution in [-0.2, 0) is 6.42 Å². The highest BCUT2D eigenvalue weighted by Crippen LogP contribution is 2.28. The van der Waals surface area contributed by atoms with Crippen LogP contribution in [0.2, 0.25) is 10.0 Å². The van der Waals surface area contributed by atoms with Crippen LogP contribution in [0.15, 0.2) is 30.3 Å². The van der Waals surface area contributed by atoms with E-state index >= 15 is 0 Å². The molecule has 2 aromatic rings. The fourth-order valence-electron chi connectivity index (χ4n) is 2.21. The number of hydrogen-bond donors (Lipinski definition) is 2. The van der Waals surface area contributed by atoms with Crippen LogP contribution in [0.5, 0.6) is 0 Å². The zero-order chi connectivity index (χ0) is 15.6. The Morgan fingerprint density at radius 2 is 1.90 bits per heavy atom. The molecule has 0 fully saturated rings. The molecule has 0 aliphatic heterocycles. The average molecular weight is 324 g/mol. The molecular formula is C16H15Cl2NO2. The van der Waals surface area contributed by atoms with Gasteiger partial charge in [-0.25, -0.2) is 0 Å². The molecule has 0 unspecified atom stereocenters. The minimum absolute atomic E-state index is 0.0248. The Morgan fingerprint density at radius 1 is 1.19 bits per heavy atom. The number of nitrogens with two attached hydrogens (primary N) is 1. The van der Waals surface area contributed by atoms with E-state index < -0.39 is 0 Å². The molecular weight excluding hydrogens is 309 g/mol. The summed E-state index contributed by atoms with van der Waals surface area (Å²) in [4.78, 5) is 12.6. The highest BCUT2D eigenvalue weighted by molar-refractivity contribution is 6.37. The van der Waals surface area contributed by atoms with Gasteiger partial charge in [0, 0.05) is 28.4 Å². The van der Waals surface area contributed by atoms with Crippen molar-refractivity contribution in [2.45, 2.75) is 13.3 Å². The fraction of sp³-hybridized carbons (Fsp3) is 0.188. The Morgan fingerprint density at radius 3 is 2.52 bits per heavy atom. The van der Waals surface area contributed by atoms with E-state index in [0.29, 0.717) is 28.3 Å². The normalized spacial score (nSPS) is 10.7. The van der Waals surface area contributed by atoms with Gasteiger partial charge in [-0.15, -0.1) is 0 Å². The van der Waals surface area contributed by atoms with E-state index in [1.807, 2.05) is 13.0 Å². The summed E-state index contributed by atoms with van der Waals surface area (Å²) in [6.07, 6.45) is 0.405. The number of hydrogen-bond acceptors (Lipinski definition) is 3. The molecule has 0 aliphatic rings. The minimum Gasteiger partial charge on any atom is -0.398 e. The lowest BCUT2D eigenvalue weighted by Crippen LogP contribution is -2.10. The van der Waals surface area contributed by atoms with Crippen LogP contribution in [0.3, 0.4) is 0 Å². The highest BCUT2D eigenvalue weighted by atomic mass is 35.5. The molecule has 0 saturated heterocycles. The van der Waals surface area contributed by atoms with Crippen LogP contribution in [-0.4, -0.2) is 17.5 Å².